The lowest BCUT2D eigenvalue weighted by Gasteiger charge is -2.10. The van der Waals surface area contributed by atoms with Crippen molar-refractivity contribution in [2.45, 2.75) is 6.42 Å². The molecule has 0 saturated heterocycles. The molecular weight excluding hydrogens is 418 g/mol. The molecule has 0 aliphatic carbocycles. The number of fused-ring (bicyclic) bond motifs is 4. The first kappa shape index (κ1) is 19.0. The van der Waals surface area contributed by atoms with E-state index in [0.29, 0.717) is 11.6 Å². The molecule has 6 heteroatoms. The van der Waals surface area contributed by atoms with Crippen LogP contribution in [-0.2, 0) is 6.42 Å². The number of nitrogens with two attached hydrogens (primary N) is 1. The number of hydrogen-bond donors (Lipinski definition) is 2. The van der Waals surface area contributed by atoms with Crippen molar-refractivity contribution in [3.8, 4) is 16.8 Å². The Labute approximate surface area is 189 Å². The molecular formula is C26H20ClN5. The lowest BCUT2D eigenvalue weighted by molar-refractivity contribution is 0.966. The van der Waals surface area contributed by atoms with Crippen molar-refractivity contribution in [3.63, 3.8) is 0 Å². The number of halogens is 1. The summed E-state index contributed by atoms with van der Waals surface area (Å²) in [4.78, 5) is 12.5. The number of aromatic amines is 1. The lowest BCUT2D eigenvalue weighted by Crippen LogP contribution is -2.03. The summed E-state index contributed by atoms with van der Waals surface area (Å²) in [5.41, 5.74) is 13.9. The predicted molar refractivity (Wildman–Crippen MR) is 131 cm³/mol. The fourth-order valence-electron chi connectivity index (χ4n) is 4.35. The molecule has 0 radical (unpaired) electrons. The minimum absolute atomic E-state index is 0.570. The van der Waals surface area contributed by atoms with Gasteiger partial charge in [-0.3, -0.25) is 9.55 Å². The van der Waals surface area contributed by atoms with Crippen molar-refractivity contribution in [2.75, 3.05) is 6.54 Å². The van der Waals surface area contributed by atoms with Gasteiger partial charge in [0.05, 0.1) is 17.2 Å². The molecule has 0 aliphatic heterocycles. The maximum absolute atomic E-state index is 6.53. The van der Waals surface area contributed by atoms with Gasteiger partial charge >= 0.3 is 0 Å². The van der Waals surface area contributed by atoms with Crippen LogP contribution in [0.3, 0.4) is 0 Å². The maximum atomic E-state index is 6.53. The van der Waals surface area contributed by atoms with Crippen molar-refractivity contribution in [2.24, 2.45) is 5.73 Å². The molecule has 6 rings (SSSR count). The van der Waals surface area contributed by atoms with E-state index in [2.05, 4.69) is 68.0 Å². The molecule has 6 aromatic rings. The number of imidazole rings is 1. The van der Waals surface area contributed by atoms with E-state index in [1.807, 2.05) is 30.9 Å². The topological polar surface area (TPSA) is 72.5 Å². The van der Waals surface area contributed by atoms with Crippen molar-refractivity contribution in [1.29, 1.82) is 0 Å². The van der Waals surface area contributed by atoms with Crippen molar-refractivity contribution >= 4 is 44.4 Å². The molecule has 0 atom stereocenters. The van der Waals surface area contributed by atoms with Crippen LogP contribution >= 0.6 is 11.6 Å². The molecule has 3 N–H and O–H groups in total. The predicted octanol–water partition coefficient (Wildman–Crippen LogP) is 5.88. The van der Waals surface area contributed by atoms with Crippen LogP contribution in [0, 0.1) is 0 Å². The third-order valence-corrected chi connectivity index (χ3v) is 6.34. The summed E-state index contributed by atoms with van der Waals surface area (Å²) in [6, 6.07) is 21.0. The van der Waals surface area contributed by atoms with Crippen LogP contribution in [0.25, 0.3) is 49.7 Å². The van der Waals surface area contributed by atoms with Crippen LogP contribution in [0.1, 0.15) is 5.56 Å². The van der Waals surface area contributed by atoms with Gasteiger partial charge < -0.3 is 10.7 Å². The van der Waals surface area contributed by atoms with Gasteiger partial charge in [-0.05, 0) is 77.5 Å². The molecule has 156 valence electrons. The first-order valence-corrected chi connectivity index (χ1v) is 10.9. The Kier molecular flexibility index (Phi) is 4.45. The zero-order valence-electron chi connectivity index (χ0n) is 17.2. The smallest absolute Gasteiger partial charge is 0.108 e. The Morgan fingerprint density at radius 2 is 1.78 bits per heavy atom. The molecule has 32 heavy (non-hydrogen) atoms. The highest BCUT2D eigenvalue weighted by atomic mass is 35.5. The van der Waals surface area contributed by atoms with E-state index >= 15 is 0 Å². The highest BCUT2D eigenvalue weighted by Crippen LogP contribution is 2.32. The number of benzene rings is 3. The van der Waals surface area contributed by atoms with E-state index in [9.17, 15) is 0 Å². The summed E-state index contributed by atoms with van der Waals surface area (Å²) >= 11 is 6.53. The van der Waals surface area contributed by atoms with Gasteiger partial charge in [-0.1, -0.05) is 29.8 Å². The standard InChI is InChI=1S/C26H20ClN5/c27-22-13-20(4-1-16(22)7-9-28)32-15-31-25-14-30-24-6-3-18(12-21(24)26(25)32)17-2-5-23-19(11-17)8-10-29-23/h1-6,8,10-15,29H,7,9,28H2. The zero-order chi connectivity index (χ0) is 21.7. The minimum Gasteiger partial charge on any atom is -0.361 e. The third-order valence-electron chi connectivity index (χ3n) is 5.99. The van der Waals surface area contributed by atoms with E-state index in [0.717, 1.165) is 56.3 Å². The van der Waals surface area contributed by atoms with Crippen molar-refractivity contribution in [3.05, 3.63) is 90.0 Å². The van der Waals surface area contributed by atoms with Crippen LogP contribution < -0.4 is 5.73 Å². The quantitative estimate of drug-likeness (QED) is 0.362. The van der Waals surface area contributed by atoms with E-state index in [1.54, 1.807) is 0 Å². The van der Waals surface area contributed by atoms with E-state index in [4.69, 9.17) is 17.3 Å². The van der Waals surface area contributed by atoms with Crippen LogP contribution in [-0.4, -0.2) is 26.1 Å². The fourth-order valence-corrected chi connectivity index (χ4v) is 4.62. The molecule has 0 spiro atoms. The monoisotopic (exact) mass is 437 g/mol. The number of pyridine rings is 1. The average molecular weight is 438 g/mol. The van der Waals surface area contributed by atoms with Gasteiger partial charge in [0.25, 0.3) is 0 Å². The van der Waals surface area contributed by atoms with Gasteiger partial charge in [-0.25, -0.2) is 4.98 Å². The number of aromatic nitrogens is 4. The molecule has 0 fully saturated rings. The van der Waals surface area contributed by atoms with Crippen LogP contribution in [0.2, 0.25) is 5.02 Å². The highest BCUT2D eigenvalue weighted by molar-refractivity contribution is 6.31. The molecule has 5 nitrogen and oxygen atoms in total. The zero-order valence-corrected chi connectivity index (χ0v) is 18.0. The number of nitrogens with zero attached hydrogens (tertiary/aromatic N) is 3. The second-order valence-electron chi connectivity index (χ2n) is 7.93. The van der Waals surface area contributed by atoms with Crippen molar-refractivity contribution in [1.82, 2.24) is 19.5 Å². The van der Waals surface area contributed by atoms with E-state index in [-0.39, 0.29) is 0 Å². The van der Waals surface area contributed by atoms with E-state index < -0.39 is 0 Å². The van der Waals surface area contributed by atoms with Gasteiger partial charge in [-0.2, -0.15) is 0 Å². The molecule has 3 heterocycles. The summed E-state index contributed by atoms with van der Waals surface area (Å²) in [6.45, 7) is 0.570. The average Bonchev–Trinajstić information content (AvgIpc) is 3.47. The Bertz CT molecular complexity index is 1610. The van der Waals surface area contributed by atoms with Gasteiger partial charge in [0.1, 0.15) is 11.8 Å². The van der Waals surface area contributed by atoms with Crippen LogP contribution in [0.5, 0.6) is 0 Å². The Morgan fingerprint density at radius 1 is 0.906 bits per heavy atom. The molecule has 0 aliphatic rings. The third kappa shape index (κ3) is 3.06. The summed E-state index contributed by atoms with van der Waals surface area (Å²) in [7, 11) is 0. The largest absolute Gasteiger partial charge is 0.361 e. The number of hydrogen-bond acceptors (Lipinski definition) is 3. The number of nitrogens with one attached hydrogen (secondary N) is 1. The first-order valence-electron chi connectivity index (χ1n) is 10.5. The molecule has 3 aromatic carbocycles. The summed E-state index contributed by atoms with van der Waals surface area (Å²) in [5.74, 6) is 0. The van der Waals surface area contributed by atoms with E-state index in [1.165, 1.54) is 5.39 Å². The number of H-pyrrole nitrogens is 1. The molecule has 0 saturated carbocycles. The van der Waals surface area contributed by atoms with Gasteiger partial charge in [-0.15, -0.1) is 0 Å². The Balaban J connectivity index is 1.55. The summed E-state index contributed by atoms with van der Waals surface area (Å²) in [5, 5.41) is 2.96. The van der Waals surface area contributed by atoms with Crippen molar-refractivity contribution < 1.29 is 0 Å². The highest BCUT2D eigenvalue weighted by Gasteiger charge is 2.13. The van der Waals surface area contributed by atoms with Gasteiger partial charge in [0, 0.05) is 27.8 Å². The minimum atomic E-state index is 0.570. The van der Waals surface area contributed by atoms with Gasteiger partial charge in [0.2, 0.25) is 0 Å². The summed E-state index contributed by atoms with van der Waals surface area (Å²) < 4.78 is 2.08. The fraction of sp³-hybridized carbons (Fsp3) is 0.0769. The maximum Gasteiger partial charge on any atom is 0.108 e. The Morgan fingerprint density at radius 3 is 2.66 bits per heavy atom. The Hall–Kier alpha value is -3.67. The lowest BCUT2D eigenvalue weighted by atomic mass is 10.0. The molecule has 3 aromatic heterocycles. The second kappa shape index (κ2) is 7.48. The first-order chi connectivity index (χ1) is 15.7. The SMILES string of the molecule is NCCc1ccc(-n2cnc3cnc4ccc(-c5ccc6[nH]ccc6c5)cc4c32)cc1Cl. The summed E-state index contributed by atoms with van der Waals surface area (Å²) in [6.07, 6.45) is 6.37. The number of rotatable bonds is 4. The normalized spacial score (nSPS) is 11.7. The van der Waals surface area contributed by atoms with Crippen LogP contribution in [0.15, 0.2) is 79.4 Å². The molecule has 0 bridgehead atoms. The second-order valence-corrected chi connectivity index (χ2v) is 8.34. The molecule has 0 amide bonds. The van der Waals surface area contributed by atoms with Crippen LogP contribution in [0.4, 0.5) is 0 Å². The van der Waals surface area contributed by atoms with Gasteiger partial charge in [0.15, 0.2) is 0 Å². The molecule has 0 unspecified atom stereocenters.